The van der Waals surface area contributed by atoms with Crippen LogP contribution in [0, 0.1) is 0 Å². The summed E-state index contributed by atoms with van der Waals surface area (Å²) in [6.07, 6.45) is 1.54. The molecule has 0 aliphatic carbocycles. The fraction of sp³-hybridized carbons (Fsp3) is 0.333. The number of amides is 1. The van der Waals surface area contributed by atoms with Crippen molar-refractivity contribution in [2.45, 2.75) is 25.6 Å². The Kier molecular flexibility index (Phi) is 5.43. The highest BCUT2D eigenvalue weighted by atomic mass is 35.5. The molecule has 2 rings (SSSR count). The average Bonchev–Trinajstić information content (AvgIpc) is 2.93. The van der Waals surface area contributed by atoms with Crippen molar-refractivity contribution in [1.29, 1.82) is 0 Å². The fourth-order valence-electron chi connectivity index (χ4n) is 2.01. The summed E-state index contributed by atoms with van der Waals surface area (Å²) in [7, 11) is -3.44. The second kappa shape index (κ2) is 7.14. The third-order valence-electron chi connectivity index (χ3n) is 3.50. The van der Waals surface area contributed by atoms with Crippen LogP contribution in [-0.4, -0.2) is 35.1 Å². The monoisotopic (exact) mass is 355 g/mol. The largest absolute Gasteiger partial charge is 0.310 e. The van der Waals surface area contributed by atoms with Crippen molar-refractivity contribution >= 4 is 33.2 Å². The summed E-state index contributed by atoms with van der Waals surface area (Å²) in [4.78, 5) is 12.1. The van der Waals surface area contributed by atoms with Gasteiger partial charge in [-0.3, -0.25) is 4.79 Å². The van der Waals surface area contributed by atoms with Crippen LogP contribution in [-0.2, 0) is 21.2 Å². The van der Waals surface area contributed by atoms with Crippen LogP contribution in [0.15, 0.2) is 36.5 Å². The van der Waals surface area contributed by atoms with E-state index in [4.69, 9.17) is 11.6 Å². The Bertz CT molecular complexity index is 802. The number of sulfone groups is 1. The molecule has 8 heteroatoms. The van der Waals surface area contributed by atoms with Crippen molar-refractivity contribution in [1.82, 2.24) is 9.78 Å². The van der Waals surface area contributed by atoms with E-state index in [0.29, 0.717) is 17.4 Å². The number of anilines is 1. The van der Waals surface area contributed by atoms with E-state index in [1.165, 1.54) is 13.8 Å². The van der Waals surface area contributed by atoms with Crippen LogP contribution in [0.25, 0.3) is 0 Å². The van der Waals surface area contributed by atoms with Gasteiger partial charge < -0.3 is 5.32 Å². The fourth-order valence-corrected chi connectivity index (χ4v) is 3.11. The van der Waals surface area contributed by atoms with Gasteiger partial charge in [-0.25, -0.2) is 13.1 Å². The second-order valence-corrected chi connectivity index (χ2v) is 8.13. The highest BCUT2D eigenvalue weighted by Gasteiger charge is 2.26. The molecular weight excluding hydrogens is 338 g/mol. The topological polar surface area (TPSA) is 81.1 Å². The zero-order chi connectivity index (χ0) is 17.0. The van der Waals surface area contributed by atoms with Crippen LogP contribution >= 0.6 is 11.6 Å². The summed E-state index contributed by atoms with van der Waals surface area (Å²) < 4.78 is 25.1. The molecule has 1 N–H and O–H groups in total. The van der Waals surface area contributed by atoms with E-state index in [2.05, 4.69) is 10.4 Å². The highest BCUT2D eigenvalue weighted by molar-refractivity contribution is 7.92. The van der Waals surface area contributed by atoms with Gasteiger partial charge in [0.25, 0.3) is 0 Å². The van der Waals surface area contributed by atoms with Crippen molar-refractivity contribution in [2.75, 3.05) is 11.1 Å². The molecule has 0 aliphatic rings. The average molecular weight is 356 g/mol. The Morgan fingerprint density at radius 3 is 2.78 bits per heavy atom. The number of benzene rings is 1. The highest BCUT2D eigenvalue weighted by Crippen LogP contribution is 2.15. The van der Waals surface area contributed by atoms with Crippen molar-refractivity contribution in [2.24, 2.45) is 0 Å². The van der Waals surface area contributed by atoms with E-state index in [1.807, 2.05) is 12.1 Å². The third-order valence-corrected chi connectivity index (χ3v) is 5.83. The molecule has 23 heavy (non-hydrogen) atoms. The smallest absolute Gasteiger partial charge is 0.243 e. The van der Waals surface area contributed by atoms with Gasteiger partial charge in [-0.1, -0.05) is 30.7 Å². The lowest BCUT2D eigenvalue weighted by Gasteiger charge is -2.13. The first-order valence-electron chi connectivity index (χ1n) is 7.12. The van der Waals surface area contributed by atoms with Crippen molar-refractivity contribution in [3.05, 3.63) is 47.1 Å². The van der Waals surface area contributed by atoms with E-state index in [1.54, 1.807) is 29.1 Å². The van der Waals surface area contributed by atoms with E-state index < -0.39 is 21.0 Å². The second-order valence-electron chi connectivity index (χ2n) is 5.09. The predicted molar refractivity (Wildman–Crippen MR) is 90.3 cm³/mol. The van der Waals surface area contributed by atoms with Crippen LogP contribution in [0.5, 0.6) is 0 Å². The van der Waals surface area contributed by atoms with Crippen molar-refractivity contribution < 1.29 is 13.2 Å². The van der Waals surface area contributed by atoms with Gasteiger partial charge >= 0.3 is 0 Å². The van der Waals surface area contributed by atoms with Crippen LogP contribution in [0.4, 0.5) is 5.82 Å². The van der Waals surface area contributed by atoms with Gasteiger partial charge in [-0.15, -0.1) is 0 Å². The lowest BCUT2D eigenvalue weighted by atomic mass is 10.2. The molecule has 0 saturated carbocycles. The number of carbonyl (C=O) groups excluding carboxylic acids is 1. The van der Waals surface area contributed by atoms with Crippen LogP contribution in [0.1, 0.15) is 19.4 Å². The number of hydrogen-bond donors (Lipinski definition) is 1. The quantitative estimate of drug-likeness (QED) is 0.862. The molecule has 1 heterocycles. The molecule has 0 fully saturated rings. The number of rotatable bonds is 6. The molecule has 1 amide bonds. The van der Waals surface area contributed by atoms with Crippen molar-refractivity contribution in [3.8, 4) is 0 Å². The van der Waals surface area contributed by atoms with Gasteiger partial charge in [-0.2, -0.15) is 5.10 Å². The molecule has 2 aromatic rings. The molecule has 0 aliphatic heterocycles. The molecule has 1 aromatic heterocycles. The maximum Gasteiger partial charge on any atom is 0.243 e. The standard InChI is InChI=1S/C15H18ClN3O3S/c1-3-23(21,22)11(2)15(20)18-14-7-8-17-19(14)10-12-5-4-6-13(16)9-12/h4-9,11H,3,10H2,1-2H3,(H,18,20)/t11-/m0/s1. The Hall–Kier alpha value is -1.86. The first-order chi connectivity index (χ1) is 10.8. The van der Waals surface area contributed by atoms with Gasteiger partial charge in [0, 0.05) is 16.8 Å². The maximum atomic E-state index is 12.1. The molecule has 124 valence electrons. The number of nitrogens with zero attached hydrogens (tertiary/aromatic N) is 2. The molecule has 1 aromatic carbocycles. The number of carbonyl (C=O) groups is 1. The summed E-state index contributed by atoms with van der Waals surface area (Å²) in [5.74, 6) is -0.212. The summed E-state index contributed by atoms with van der Waals surface area (Å²) in [5, 5.41) is 6.26. The summed E-state index contributed by atoms with van der Waals surface area (Å²) >= 11 is 5.95. The number of nitrogens with one attached hydrogen (secondary N) is 1. The normalized spacial score (nSPS) is 12.8. The lowest BCUT2D eigenvalue weighted by molar-refractivity contribution is -0.115. The Morgan fingerprint density at radius 1 is 1.39 bits per heavy atom. The van der Waals surface area contributed by atoms with Crippen molar-refractivity contribution in [3.63, 3.8) is 0 Å². The maximum absolute atomic E-state index is 12.1. The number of hydrogen-bond acceptors (Lipinski definition) is 4. The molecular formula is C15H18ClN3O3S. The summed E-state index contributed by atoms with van der Waals surface area (Å²) in [6.45, 7) is 3.31. The first-order valence-corrected chi connectivity index (χ1v) is 9.21. The van der Waals surface area contributed by atoms with Gasteiger partial charge in [0.2, 0.25) is 5.91 Å². The van der Waals surface area contributed by atoms with Gasteiger partial charge in [0.15, 0.2) is 9.84 Å². The van der Waals surface area contributed by atoms with Gasteiger partial charge in [0.05, 0.1) is 12.7 Å². The summed E-state index contributed by atoms with van der Waals surface area (Å²) in [5.41, 5.74) is 0.922. The molecule has 0 spiro atoms. The lowest BCUT2D eigenvalue weighted by Crippen LogP contribution is -2.34. The van der Waals surface area contributed by atoms with Crippen LogP contribution in [0.3, 0.4) is 0 Å². The molecule has 1 atom stereocenters. The predicted octanol–water partition coefficient (Wildman–Crippen LogP) is 2.35. The Labute approximate surface area is 140 Å². The minimum atomic E-state index is -3.44. The molecule has 6 nitrogen and oxygen atoms in total. The first kappa shape index (κ1) is 17.5. The van der Waals surface area contributed by atoms with Gasteiger partial charge in [-0.05, 0) is 24.6 Å². The number of halogens is 1. The zero-order valence-corrected chi connectivity index (χ0v) is 14.4. The molecule has 0 unspecified atom stereocenters. The SMILES string of the molecule is CCS(=O)(=O)[C@@H](C)C(=O)Nc1ccnn1Cc1cccc(Cl)c1. The number of aromatic nitrogens is 2. The summed E-state index contributed by atoms with van der Waals surface area (Å²) in [6, 6.07) is 8.92. The van der Waals surface area contributed by atoms with Gasteiger partial charge in [0.1, 0.15) is 11.1 Å². The van der Waals surface area contributed by atoms with Crippen LogP contribution < -0.4 is 5.32 Å². The van der Waals surface area contributed by atoms with E-state index in [9.17, 15) is 13.2 Å². The van der Waals surface area contributed by atoms with E-state index in [0.717, 1.165) is 5.56 Å². The Morgan fingerprint density at radius 2 is 2.13 bits per heavy atom. The minimum absolute atomic E-state index is 0.0800. The van der Waals surface area contributed by atoms with Crippen LogP contribution in [0.2, 0.25) is 5.02 Å². The van der Waals surface area contributed by atoms with E-state index in [-0.39, 0.29) is 5.75 Å². The Balaban J connectivity index is 2.14. The third kappa shape index (κ3) is 4.33. The minimum Gasteiger partial charge on any atom is -0.310 e. The zero-order valence-electron chi connectivity index (χ0n) is 12.9. The molecule has 0 bridgehead atoms. The van der Waals surface area contributed by atoms with E-state index >= 15 is 0 Å². The molecule has 0 saturated heterocycles. The molecule has 0 radical (unpaired) electrons.